The van der Waals surface area contributed by atoms with Crippen molar-refractivity contribution in [1.29, 1.82) is 0 Å². The highest BCUT2D eigenvalue weighted by molar-refractivity contribution is 8.60. The zero-order chi connectivity index (χ0) is 24.0. The van der Waals surface area contributed by atoms with Gasteiger partial charge in [-0.15, -0.1) is 0 Å². The fraction of sp³-hybridized carbons (Fsp3) is 0.682. The smallest absolute Gasteiger partial charge is 0.306 e. The average molecular weight is 509 g/mol. The number of carboxylic acids is 1. The Labute approximate surface area is 203 Å². The molecule has 0 heterocycles. The molecule has 0 fully saturated rings. The SMILES string of the molecule is CCCCCOc1cccc(OCCCCOP(=S)(S)O[C@H](CC(=O)O)C[N+](C)(C)C)c1. The number of aliphatic carboxylic acids is 1. The van der Waals surface area contributed by atoms with Gasteiger partial charge in [-0.05, 0) is 43.2 Å². The Balaban J connectivity index is 2.32. The quantitative estimate of drug-likeness (QED) is 0.123. The maximum absolute atomic E-state index is 11.1. The van der Waals surface area contributed by atoms with Crippen LogP contribution in [0.1, 0.15) is 45.4 Å². The molecule has 1 aromatic rings. The molecule has 1 rings (SSSR count). The lowest BCUT2D eigenvalue weighted by Crippen LogP contribution is -2.42. The first-order chi connectivity index (χ1) is 15.0. The molecular formula is C22H39NO6PS2+. The number of rotatable bonds is 18. The van der Waals surface area contributed by atoms with Crippen LogP contribution in [-0.4, -0.2) is 69.2 Å². The topological polar surface area (TPSA) is 74.2 Å². The van der Waals surface area contributed by atoms with E-state index in [0.29, 0.717) is 30.8 Å². The molecule has 10 heteroatoms. The number of benzene rings is 1. The Kier molecular flexibility index (Phi) is 13.8. The van der Waals surface area contributed by atoms with Gasteiger partial charge in [0.1, 0.15) is 24.1 Å². The van der Waals surface area contributed by atoms with Crippen molar-refractivity contribution < 1.29 is 32.9 Å². The molecule has 0 spiro atoms. The van der Waals surface area contributed by atoms with Crippen molar-refractivity contribution in [2.45, 2.75) is 51.6 Å². The number of nitrogens with zero attached hydrogens (tertiary/aromatic N) is 1. The van der Waals surface area contributed by atoms with Crippen molar-refractivity contribution >= 4 is 35.7 Å². The predicted octanol–water partition coefficient (Wildman–Crippen LogP) is 5.15. The third-order valence-electron chi connectivity index (χ3n) is 4.32. The second-order valence-electron chi connectivity index (χ2n) is 8.69. The van der Waals surface area contributed by atoms with Crippen LogP contribution in [-0.2, 0) is 25.6 Å². The van der Waals surface area contributed by atoms with E-state index in [1.807, 2.05) is 45.4 Å². The van der Waals surface area contributed by atoms with Gasteiger partial charge in [0.2, 0.25) is 5.69 Å². The van der Waals surface area contributed by atoms with Gasteiger partial charge in [0.25, 0.3) is 0 Å². The maximum Gasteiger partial charge on any atom is 0.306 e. The van der Waals surface area contributed by atoms with Crippen molar-refractivity contribution in [3.63, 3.8) is 0 Å². The number of likely N-dealkylation sites (N-methyl/N-ethyl adjacent to an activating group) is 1. The molecule has 0 aliphatic rings. The van der Waals surface area contributed by atoms with Crippen LogP contribution >= 0.6 is 17.9 Å². The van der Waals surface area contributed by atoms with Crippen LogP contribution in [0.2, 0.25) is 0 Å². The zero-order valence-corrected chi connectivity index (χ0v) is 22.3. The Hall–Kier alpha value is -0.830. The van der Waals surface area contributed by atoms with E-state index in [2.05, 4.69) is 19.2 Å². The molecule has 0 aliphatic heterocycles. The number of carbonyl (C=O) groups is 1. The lowest BCUT2D eigenvalue weighted by molar-refractivity contribution is -0.873. The lowest BCUT2D eigenvalue weighted by Gasteiger charge is -2.30. The van der Waals surface area contributed by atoms with Crippen molar-refractivity contribution in [2.75, 3.05) is 47.5 Å². The molecule has 0 amide bonds. The van der Waals surface area contributed by atoms with Gasteiger partial charge in [0, 0.05) is 6.07 Å². The Morgan fingerprint density at radius 3 is 2.19 bits per heavy atom. The van der Waals surface area contributed by atoms with Gasteiger partial charge < -0.3 is 28.1 Å². The van der Waals surface area contributed by atoms with Gasteiger partial charge in [-0.2, -0.15) is 0 Å². The number of carboxylic acid groups (broad SMARTS) is 1. The van der Waals surface area contributed by atoms with Gasteiger partial charge in [-0.25, -0.2) is 0 Å². The zero-order valence-electron chi connectivity index (χ0n) is 19.7. The van der Waals surface area contributed by atoms with E-state index in [1.165, 1.54) is 12.8 Å². The number of quaternary nitrogens is 1. The first-order valence-corrected chi connectivity index (χ1v) is 14.8. The van der Waals surface area contributed by atoms with Crippen molar-refractivity contribution in [3.8, 4) is 11.5 Å². The average Bonchev–Trinajstić information content (AvgIpc) is 2.66. The molecule has 0 bridgehead atoms. The van der Waals surface area contributed by atoms with E-state index in [0.717, 1.165) is 30.8 Å². The summed E-state index contributed by atoms with van der Waals surface area (Å²) in [5.74, 6) is 0.664. The van der Waals surface area contributed by atoms with Crippen LogP contribution in [0.25, 0.3) is 0 Å². The Morgan fingerprint density at radius 1 is 1.09 bits per heavy atom. The van der Waals surface area contributed by atoms with Gasteiger partial charge in [0.05, 0.1) is 47.4 Å². The van der Waals surface area contributed by atoms with Crippen molar-refractivity contribution in [3.05, 3.63) is 24.3 Å². The summed E-state index contributed by atoms with van der Waals surface area (Å²) in [5, 5.41) is 9.13. The largest absolute Gasteiger partial charge is 0.493 e. The predicted molar refractivity (Wildman–Crippen MR) is 135 cm³/mol. The van der Waals surface area contributed by atoms with Gasteiger partial charge in [-0.1, -0.05) is 38.1 Å². The van der Waals surface area contributed by atoms with Gasteiger partial charge in [0.15, 0.2) is 0 Å². The third kappa shape index (κ3) is 15.1. The summed E-state index contributed by atoms with van der Waals surface area (Å²) in [4.78, 5) is 11.1. The molecule has 0 saturated carbocycles. The molecule has 1 N–H and O–H groups in total. The summed E-state index contributed by atoms with van der Waals surface area (Å²) in [6, 6.07) is 7.67. The van der Waals surface area contributed by atoms with Crippen LogP contribution in [0, 0.1) is 0 Å². The first-order valence-electron chi connectivity index (χ1n) is 11.0. The highest BCUT2D eigenvalue weighted by atomic mass is 32.9. The molecular weight excluding hydrogens is 469 g/mol. The molecule has 0 saturated heterocycles. The minimum atomic E-state index is -2.82. The fourth-order valence-electron chi connectivity index (χ4n) is 2.93. The van der Waals surface area contributed by atoms with Gasteiger partial charge >= 0.3 is 5.97 Å². The highest BCUT2D eigenvalue weighted by Crippen LogP contribution is 2.54. The molecule has 1 unspecified atom stereocenters. The van der Waals surface area contributed by atoms with E-state index in [4.69, 9.17) is 35.4 Å². The molecule has 184 valence electrons. The van der Waals surface area contributed by atoms with Crippen LogP contribution in [0.15, 0.2) is 24.3 Å². The molecule has 7 nitrogen and oxygen atoms in total. The van der Waals surface area contributed by atoms with Crippen molar-refractivity contribution in [2.24, 2.45) is 0 Å². The second-order valence-corrected chi connectivity index (χ2v) is 13.9. The summed E-state index contributed by atoms with van der Waals surface area (Å²) in [5.41, 5.74) is -2.82. The first kappa shape index (κ1) is 29.2. The number of hydrogen-bond acceptors (Lipinski definition) is 6. The van der Waals surface area contributed by atoms with Gasteiger partial charge in [-0.3, -0.25) is 4.79 Å². The molecule has 0 radical (unpaired) electrons. The van der Waals surface area contributed by atoms with Crippen molar-refractivity contribution in [1.82, 2.24) is 0 Å². The monoisotopic (exact) mass is 508 g/mol. The summed E-state index contributed by atoms with van der Waals surface area (Å²) < 4.78 is 23.6. The number of ether oxygens (including phenoxy) is 2. The van der Waals surface area contributed by atoms with Crippen LogP contribution in [0.5, 0.6) is 11.5 Å². The summed E-state index contributed by atoms with van der Waals surface area (Å²) in [7, 11) is 5.90. The minimum absolute atomic E-state index is 0.132. The molecule has 32 heavy (non-hydrogen) atoms. The third-order valence-corrected chi connectivity index (χ3v) is 6.60. The maximum atomic E-state index is 11.1. The number of unbranched alkanes of at least 4 members (excludes halogenated alkanes) is 3. The van der Waals surface area contributed by atoms with Crippen LogP contribution < -0.4 is 9.47 Å². The Morgan fingerprint density at radius 2 is 1.66 bits per heavy atom. The number of hydrogen-bond donors (Lipinski definition) is 2. The van der Waals surface area contributed by atoms with E-state index in [9.17, 15) is 4.79 Å². The molecule has 0 aliphatic carbocycles. The summed E-state index contributed by atoms with van der Waals surface area (Å²) in [6.45, 7) is 4.32. The minimum Gasteiger partial charge on any atom is -0.493 e. The normalized spacial score (nSPS) is 14.5. The second kappa shape index (κ2) is 15.1. The summed E-state index contributed by atoms with van der Waals surface area (Å²) >= 11 is 9.74. The van der Waals surface area contributed by atoms with E-state index in [-0.39, 0.29) is 6.42 Å². The highest BCUT2D eigenvalue weighted by Gasteiger charge is 2.27. The van der Waals surface area contributed by atoms with E-state index >= 15 is 0 Å². The lowest BCUT2D eigenvalue weighted by atomic mass is 10.2. The summed E-state index contributed by atoms with van der Waals surface area (Å²) in [6.07, 6.45) is 4.22. The molecule has 0 aromatic heterocycles. The Bertz CT molecular complexity index is 729. The molecule has 2 atom stereocenters. The fourth-order valence-corrected chi connectivity index (χ4v) is 5.10. The van der Waals surface area contributed by atoms with E-state index in [1.54, 1.807) is 0 Å². The number of thiol groups is 1. The van der Waals surface area contributed by atoms with Crippen LogP contribution in [0.4, 0.5) is 0 Å². The van der Waals surface area contributed by atoms with Crippen LogP contribution in [0.3, 0.4) is 0 Å². The standard InChI is InChI=1S/C22H38NO6PS2/c1-5-6-7-13-26-19-11-10-12-20(16-19)27-14-8-9-15-28-30(31,32)29-21(17-22(24)25)18-23(2,3)4/h10-12,16,21H,5-9,13-15,17-18H2,1-4H3,(H-,24,25,31,32)/p+1/t21-/m1/s1. The van der Waals surface area contributed by atoms with E-state index < -0.39 is 17.8 Å². The molecule has 1 aromatic carbocycles.